The summed E-state index contributed by atoms with van der Waals surface area (Å²) in [5.74, 6) is -2.72. The minimum Gasteiger partial charge on any atom is -0.481 e. The van der Waals surface area contributed by atoms with Gasteiger partial charge in [0.25, 0.3) is 0 Å². The SMILES string of the molecule is CC(C)(C)OC(=O)C[C@@H](COC(=O)CCC(=O)O)NC(=O)CCCCCN=[N+]=[N-]. The lowest BCUT2D eigenvalue weighted by Crippen LogP contribution is -2.41. The molecule has 2 N–H and O–H groups in total. The molecule has 1 atom stereocenters. The van der Waals surface area contributed by atoms with Crippen molar-refractivity contribution < 1.29 is 33.8 Å². The highest BCUT2D eigenvalue weighted by Gasteiger charge is 2.23. The number of carbonyl (C=O) groups excluding carboxylic acids is 3. The van der Waals surface area contributed by atoms with Crippen molar-refractivity contribution in [2.24, 2.45) is 5.11 Å². The molecule has 0 aliphatic heterocycles. The first-order valence-corrected chi connectivity index (χ1v) is 9.43. The Balaban J connectivity index is 4.58. The number of unbranched alkanes of at least 4 members (excludes halogenated alkanes) is 2. The monoisotopic (exact) mass is 414 g/mol. The van der Waals surface area contributed by atoms with E-state index >= 15 is 0 Å². The summed E-state index contributed by atoms with van der Waals surface area (Å²) in [6.07, 6.45) is 1.29. The average molecular weight is 414 g/mol. The lowest BCUT2D eigenvalue weighted by molar-refractivity contribution is -0.157. The summed E-state index contributed by atoms with van der Waals surface area (Å²) in [4.78, 5) is 48.9. The summed E-state index contributed by atoms with van der Waals surface area (Å²) < 4.78 is 10.2. The van der Waals surface area contributed by atoms with E-state index in [1.165, 1.54) is 0 Å². The maximum atomic E-state index is 12.1. The molecule has 0 aromatic carbocycles. The van der Waals surface area contributed by atoms with Crippen LogP contribution < -0.4 is 5.32 Å². The highest BCUT2D eigenvalue weighted by atomic mass is 16.6. The van der Waals surface area contributed by atoms with Gasteiger partial charge in [0, 0.05) is 17.9 Å². The topological polar surface area (TPSA) is 168 Å². The third-order valence-electron chi connectivity index (χ3n) is 3.41. The molecule has 0 unspecified atom stereocenters. The van der Waals surface area contributed by atoms with Gasteiger partial charge in [0.1, 0.15) is 12.2 Å². The molecule has 29 heavy (non-hydrogen) atoms. The lowest BCUT2D eigenvalue weighted by atomic mass is 10.1. The molecular formula is C18H30N4O7. The van der Waals surface area contributed by atoms with E-state index in [0.29, 0.717) is 25.8 Å². The van der Waals surface area contributed by atoms with Crippen LogP contribution in [0.5, 0.6) is 0 Å². The summed E-state index contributed by atoms with van der Waals surface area (Å²) in [6.45, 7) is 5.23. The van der Waals surface area contributed by atoms with E-state index in [1.54, 1.807) is 20.8 Å². The molecule has 11 nitrogen and oxygen atoms in total. The Labute approximate surface area is 169 Å². The smallest absolute Gasteiger partial charge is 0.308 e. The molecule has 0 spiro atoms. The molecule has 0 fully saturated rings. The van der Waals surface area contributed by atoms with Crippen molar-refractivity contribution in [2.45, 2.75) is 77.4 Å². The van der Waals surface area contributed by atoms with Gasteiger partial charge in [-0.15, -0.1) is 0 Å². The average Bonchev–Trinajstić information content (AvgIpc) is 2.59. The molecule has 0 rings (SSSR count). The van der Waals surface area contributed by atoms with E-state index in [9.17, 15) is 19.2 Å². The van der Waals surface area contributed by atoms with Gasteiger partial charge in [-0.3, -0.25) is 19.2 Å². The molecule has 0 bridgehead atoms. The largest absolute Gasteiger partial charge is 0.481 e. The standard InChI is InChI=1S/C18H30N4O7/c1-18(2,3)29-17(27)11-13(12-28-16(26)9-8-15(24)25)21-14(23)7-5-4-6-10-20-22-19/h13H,4-12H2,1-3H3,(H,21,23)(H,24,25)/t13-/m0/s1. The zero-order chi connectivity index (χ0) is 22.3. The van der Waals surface area contributed by atoms with Gasteiger partial charge in [0.05, 0.1) is 25.3 Å². The summed E-state index contributed by atoms with van der Waals surface area (Å²) >= 11 is 0. The van der Waals surface area contributed by atoms with E-state index < -0.39 is 29.6 Å². The van der Waals surface area contributed by atoms with Crippen LogP contribution in [0.25, 0.3) is 10.4 Å². The number of ether oxygens (including phenoxy) is 2. The number of rotatable bonds is 14. The third kappa shape index (κ3) is 17.0. The van der Waals surface area contributed by atoms with Crippen molar-refractivity contribution in [3.05, 3.63) is 10.4 Å². The maximum Gasteiger partial charge on any atom is 0.308 e. The second kappa shape index (κ2) is 14.2. The Morgan fingerprint density at radius 3 is 2.34 bits per heavy atom. The summed E-state index contributed by atoms with van der Waals surface area (Å²) in [5.41, 5.74) is 7.50. The predicted molar refractivity (Wildman–Crippen MR) is 103 cm³/mol. The van der Waals surface area contributed by atoms with Crippen molar-refractivity contribution in [1.29, 1.82) is 0 Å². The quantitative estimate of drug-likeness (QED) is 0.145. The molecule has 0 radical (unpaired) electrons. The van der Waals surface area contributed by atoms with Gasteiger partial charge in [-0.05, 0) is 39.1 Å². The first-order valence-electron chi connectivity index (χ1n) is 9.43. The Bertz CT molecular complexity index is 610. The molecular weight excluding hydrogens is 384 g/mol. The molecule has 0 aliphatic carbocycles. The molecule has 1 amide bonds. The van der Waals surface area contributed by atoms with Gasteiger partial charge in [0.2, 0.25) is 5.91 Å². The van der Waals surface area contributed by atoms with E-state index in [4.69, 9.17) is 20.1 Å². The van der Waals surface area contributed by atoms with Crippen molar-refractivity contribution in [3.8, 4) is 0 Å². The number of nitrogens with zero attached hydrogens (tertiary/aromatic N) is 3. The minimum atomic E-state index is -1.12. The number of aliphatic carboxylic acids is 1. The third-order valence-corrected chi connectivity index (χ3v) is 3.41. The predicted octanol–water partition coefficient (Wildman–Crippen LogP) is 2.48. The van der Waals surface area contributed by atoms with E-state index in [2.05, 4.69) is 15.3 Å². The van der Waals surface area contributed by atoms with Gasteiger partial charge in [-0.1, -0.05) is 11.5 Å². The Morgan fingerprint density at radius 1 is 1.07 bits per heavy atom. The van der Waals surface area contributed by atoms with Crippen LogP contribution in [0.4, 0.5) is 0 Å². The molecule has 11 heteroatoms. The Morgan fingerprint density at radius 2 is 1.76 bits per heavy atom. The van der Waals surface area contributed by atoms with Crippen molar-refractivity contribution in [3.63, 3.8) is 0 Å². The van der Waals surface area contributed by atoms with E-state index in [-0.39, 0.29) is 38.2 Å². The second-order valence-electron chi connectivity index (χ2n) is 7.40. The van der Waals surface area contributed by atoms with Crippen LogP contribution in [0.2, 0.25) is 0 Å². The summed E-state index contributed by atoms with van der Waals surface area (Å²) in [7, 11) is 0. The van der Waals surface area contributed by atoms with Gasteiger partial charge in [-0.2, -0.15) is 0 Å². The van der Waals surface area contributed by atoms with Crippen LogP contribution in [0.1, 0.15) is 65.7 Å². The van der Waals surface area contributed by atoms with Crippen LogP contribution in [0.3, 0.4) is 0 Å². The van der Waals surface area contributed by atoms with Crippen molar-refractivity contribution in [1.82, 2.24) is 5.32 Å². The summed E-state index contributed by atoms with van der Waals surface area (Å²) in [5, 5.41) is 14.6. The van der Waals surface area contributed by atoms with E-state index in [0.717, 1.165) is 0 Å². The number of azide groups is 1. The molecule has 0 aromatic rings. The first kappa shape index (κ1) is 26.2. The summed E-state index contributed by atoms with van der Waals surface area (Å²) in [6, 6.07) is -0.783. The number of hydrogen-bond acceptors (Lipinski definition) is 7. The van der Waals surface area contributed by atoms with E-state index in [1.807, 2.05) is 0 Å². The van der Waals surface area contributed by atoms with Crippen LogP contribution in [-0.2, 0) is 28.7 Å². The highest BCUT2D eigenvalue weighted by Crippen LogP contribution is 2.10. The highest BCUT2D eigenvalue weighted by molar-refractivity contribution is 5.78. The zero-order valence-electron chi connectivity index (χ0n) is 17.2. The fourth-order valence-electron chi connectivity index (χ4n) is 2.20. The molecule has 0 saturated carbocycles. The van der Waals surface area contributed by atoms with Crippen LogP contribution in [0.15, 0.2) is 5.11 Å². The van der Waals surface area contributed by atoms with Crippen molar-refractivity contribution in [2.75, 3.05) is 13.2 Å². The second-order valence-corrected chi connectivity index (χ2v) is 7.40. The number of hydrogen-bond donors (Lipinski definition) is 2. The molecule has 0 heterocycles. The van der Waals surface area contributed by atoms with Crippen molar-refractivity contribution >= 4 is 23.8 Å². The molecule has 0 aliphatic rings. The lowest BCUT2D eigenvalue weighted by Gasteiger charge is -2.23. The van der Waals surface area contributed by atoms with Gasteiger partial charge in [0.15, 0.2) is 0 Å². The number of carbonyl (C=O) groups is 4. The number of carboxylic acid groups (broad SMARTS) is 1. The number of nitrogens with one attached hydrogen (secondary N) is 1. The number of esters is 2. The van der Waals surface area contributed by atoms with Gasteiger partial charge >= 0.3 is 17.9 Å². The fourth-order valence-corrected chi connectivity index (χ4v) is 2.20. The number of carboxylic acids is 1. The Hall–Kier alpha value is -2.81. The van der Waals surface area contributed by atoms with Gasteiger partial charge < -0.3 is 19.9 Å². The minimum absolute atomic E-state index is 0.188. The number of amides is 1. The molecule has 164 valence electrons. The van der Waals surface area contributed by atoms with Crippen LogP contribution in [-0.4, -0.2) is 53.7 Å². The maximum absolute atomic E-state index is 12.1. The first-order chi connectivity index (χ1) is 13.5. The normalized spacial score (nSPS) is 11.7. The zero-order valence-corrected chi connectivity index (χ0v) is 17.2. The molecule has 0 saturated heterocycles. The van der Waals surface area contributed by atoms with Crippen LogP contribution >= 0.6 is 0 Å². The molecule has 0 aromatic heterocycles. The van der Waals surface area contributed by atoms with Crippen LogP contribution in [0, 0.1) is 0 Å². The van der Waals surface area contributed by atoms with Gasteiger partial charge in [-0.25, -0.2) is 0 Å². The Kier molecular flexibility index (Phi) is 12.8. The fraction of sp³-hybridized carbons (Fsp3) is 0.778.